The van der Waals surface area contributed by atoms with Crippen LogP contribution >= 0.6 is 0 Å². The van der Waals surface area contributed by atoms with Gasteiger partial charge in [0, 0.05) is 44.1 Å². The second kappa shape index (κ2) is 5.17. The third-order valence-corrected chi connectivity index (χ3v) is 5.18. The Morgan fingerprint density at radius 3 is 2.53 bits per heavy atom. The molecule has 0 aromatic carbocycles. The molecule has 3 nitrogen and oxygen atoms in total. The number of Topliss-reactive ketones (excluding diaryl/α,β-unsaturated/α-hetero) is 1. The van der Waals surface area contributed by atoms with E-state index in [1.165, 1.54) is 0 Å². The van der Waals surface area contributed by atoms with Gasteiger partial charge in [-0.15, -0.1) is 0 Å². The lowest BCUT2D eigenvalue weighted by atomic mass is 9.71. The normalized spacial score (nSPS) is 32.5. The van der Waals surface area contributed by atoms with Crippen LogP contribution in [0.2, 0.25) is 0 Å². The first-order valence-electron chi connectivity index (χ1n) is 7.66. The number of ketones is 1. The van der Waals surface area contributed by atoms with E-state index in [-0.39, 0.29) is 11.5 Å². The van der Waals surface area contributed by atoms with Gasteiger partial charge in [-0.25, -0.2) is 0 Å². The second-order valence-electron chi connectivity index (χ2n) is 8.00. The molecule has 0 spiro atoms. The molecule has 2 rings (SSSR count). The molecule has 1 atom stereocenters. The van der Waals surface area contributed by atoms with Crippen molar-refractivity contribution in [1.29, 1.82) is 0 Å². The summed E-state index contributed by atoms with van der Waals surface area (Å²) in [7, 11) is 2.20. The fourth-order valence-electron chi connectivity index (χ4n) is 3.52. The minimum atomic E-state index is 0.228. The van der Waals surface area contributed by atoms with Gasteiger partial charge in [-0.2, -0.15) is 0 Å². The van der Waals surface area contributed by atoms with Gasteiger partial charge in [-0.05, 0) is 39.2 Å². The average Bonchev–Trinajstić information content (AvgIpc) is 2.28. The Labute approximate surface area is 118 Å². The van der Waals surface area contributed by atoms with E-state index in [4.69, 9.17) is 0 Å². The molecule has 0 aromatic heterocycles. The third kappa shape index (κ3) is 3.57. The molecule has 0 aromatic rings. The van der Waals surface area contributed by atoms with Crippen molar-refractivity contribution in [2.45, 2.75) is 52.5 Å². The van der Waals surface area contributed by atoms with E-state index in [1.807, 2.05) is 0 Å². The predicted molar refractivity (Wildman–Crippen MR) is 79.3 cm³/mol. The van der Waals surface area contributed by atoms with Crippen molar-refractivity contribution in [1.82, 2.24) is 9.80 Å². The van der Waals surface area contributed by atoms with Gasteiger partial charge in [0.25, 0.3) is 0 Å². The maximum Gasteiger partial charge on any atom is 0.137 e. The van der Waals surface area contributed by atoms with E-state index < -0.39 is 0 Å². The summed E-state index contributed by atoms with van der Waals surface area (Å²) in [5, 5.41) is 0. The van der Waals surface area contributed by atoms with E-state index in [2.05, 4.69) is 44.5 Å². The third-order valence-electron chi connectivity index (χ3n) is 5.18. The minimum Gasteiger partial charge on any atom is -0.300 e. The number of hydrogen-bond acceptors (Lipinski definition) is 3. The zero-order chi connectivity index (χ0) is 14.3. The molecule has 1 heterocycles. The summed E-state index contributed by atoms with van der Waals surface area (Å²) in [6.07, 6.45) is 2.92. The van der Waals surface area contributed by atoms with Gasteiger partial charge in [0.15, 0.2) is 0 Å². The Hall–Kier alpha value is -0.410. The highest BCUT2D eigenvalue weighted by atomic mass is 16.1. The van der Waals surface area contributed by atoms with Crippen LogP contribution in [0.3, 0.4) is 0 Å². The van der Waals surface area contributed by atoms with Crippen LogP contribution in [0.25, 0.3) is 0 Å². The fraction of sp³-hybridized carbons (Fsp3) is 0.938. The molecule has 2 aliphatic rings. The van der Waals surface area contributed by atoms with Crippen LogP contribution in [0.4, 0.5) is 0 Å². The number of nitrogens with zero attached hydrogens (tertiary/aromatic N) is 2. The number of rotatable bonds is 2. The fourth-order valence-corrected chi connectivity index (χ4v) is 3.52. The molecule has 19 heavy (non-hydrogen) atoms. The van der Waals surface area contributed by atoms with E-state index in [0.717, 1.165) is 45.4 Å². The summed E-state index contributed by atoms with van der Waals surface area (Å²) in [5.41, 5.74) is 0.576. The summed E-state index contributed by atoms with van der Waals surface area (Å²) >= 11 is 0. The van der Waals surface area contributed by atoms with Gasteiger partial charge in [0.2, 0.25) is 0 Å². The number of carbonyl (C=O) groups excluding carboxylic acids is 1. The maximum atomic E-state index is 12.1. The van der Waals surface area contributed by atoms with Crippen LogP contribution in [0.15, 0.2) is 0 Å². The topological polar surface area (TPSA) is 23.6 Å². The number of carbonyl (C=O) groups is 1. The van der Waals surface area contributed by atoms with Crippen LogP contribution in [-0.4, -0.2) is 54.3 Å². The molecule has 0 amide bonds. The van der Waals surface area contributed by atoms with Crippen molar-refractivity contribution in [3.8, 4) is 0 Å². The first kappa shape index (κ1) is 15.0. The van der Waals surface area contributed by atoms with Gasteiger partial charge in [0.1, 0.15) is 5.78 Å². The molecule has 1 aliphatic carbocycles. The lowest BCUT2D eigenvalue weighted by molar-refractivity contribution is -0.128. The van der Waals surface area contributed by atoms with Crippen LogP contribution in [-0.2, 0) is 4.79 Å². The molecule has 0 radical (unpaired) electrons. The molecular formula is C16H30N2O. The highest BCUT2D eigenvalue weighted by molar-refractivity contribution is 5.82. The predicted octanol–water partition coefficient (Wildman–Crippen LogP) is 2.41. The monoisotopic (exact) mass is 266 g/mol. The molecular weight excluding hydrogens is 236 g/mol. The van der Waals surface area contributed by atoms with Crippen LogP contribution in [0.1, 0.15) is 47.0 Å². The Kier molecular flexibility index (Phi) is 4.08. The van der Waals surface area contributed by atoms with Crippen molar-refractivity contribution in [3.05, 3.63) is 0 Å². The summed E-state index contributed by atoms with van der Waals surface area (Å²) < 4.78 is 0. The Balaban J connectivity index is 1.95. The zero-order valence-electron chi connectivity index (χ0n) is 13.3. The van der Waals surface area contributed by atoms with E-state index in [9.17, 15) is 4.79 Å². The number of piperazine rings is 1. The van der Waals surface area contributed by atoms with E-state index in [1.54, 1.807) is 0 Å². The van der Waals surface area contributed by atoms with E-state index >= 15 is 0 Å². The first-order valence-corrected chi connectivity index (χ1v) is 7.66. The van der Waals surface area contributed by atoms with Crippen molar-refractivity contribution >= 4 is 5.78 Å². The smallest absolute Gasteiger partial charge is 0.137 e. The Bertz CT molecular complexity index is 349. The molecule has 2 fully saturated rings. The molecule has 1 saturated heterocycles. The first-order chi connectivity index (χ1) is 8.70. The number of hydrogen-bond donors (Lipinski definition) is 0. The molecule has 0 bridgehead atoms. The molecule has 1 unspecified atom stereocenters. The minimum absolute atomic E-state index is 0.228. The standard InChI is InChI=1S/C16H30N2O/c1-15(2)7-6-14(19)13(10-15)11-18-9-8-17(5)16(3,4)12-18/h13H,6-12H2,1-5H3. The summed E-state index contributed by atoms with van der Waals surface area (Å²) in [4.78, 5) is 17.1. The van der Waals surface area contributed by atoms with Crippen molar-refractivity contribution in [3.63, 3.8) is 0 Å². The van der Waals surface area contributed by atoms with Crippen molar-refractivity contribution in [2.24, 2.45) is 11.3 Å². The van der Waals surface area contributed by atoms with Gasteiger partial charge >= 0.3 is 0 Å². The second-order valence-corrected chi connectivity index (χ2v) is 8.00. The molecule has 3 heteroatoms. The Morgan fingerprint density at radius 1 is 1.21 bits per heavy atom. The molecule has 110 valence electrons. The van der Waals surface area contributed by atoms with Crippen LogP contribution in [0, 0.1) is 11.3 Å². The molecule has 0 N–H and O–H groups in total. The van der Waals surface area contributed by atoms with Gasteiger partial charge in [-0.3, -0.25) is 14.6 Å². The SMILES string of the molecule is CN1CCN(CC2CC(C)(C)CCC2=O)CC1(C)C. The van der Waals surface area contributed by atoms with Crippen molar-refractivity contribution in [2.75, 3.05) is 33.2 Å². The van der Waals surface area contributed by atoms with Gasteiger partial charge in [0.05, 0.1) is 0 Å². The van der Waals surface area contributed by atoms with Gasteiger partial charge in [-0.1, -0.05) is 13.8 Å². The maximum absolute atomic E-state index is 12.1. The zero-order valence-corrected chi connectivity index (χ0v) is 13.3. The van der Waals surface area contributed by atoms with Gasteiger partial charge < -0.3 is 0 Å². The molecule has 1 aliphatic heterocycles. The van der Waals surface area contributed by atoms with E-state index in [0.29, 0.717) is 11.2 Å². The van der Waals surface area contributed by atoms with Crippen molar-refractivity contribution < 1.29 is 4.79 Å². The van der Waals surface area contributed by atoms with Crippen LogP contribution in [0.5, 0.6) is 0 Å². The summed E-state index contributed by atoms with van der Waals surface area (Å²) in [6, 6.07) is 0. The average molecular weight is 266 g/mol. The quantitative estimate of drug-likeness (QED) is 0.767. The van der Waals surface area contributed by atoms with Crippen LogP contribution < -0.4 is 0 Å². The highest BCUT2D eigenvalue weighted by Crippen LogP contribution is 2.37. The largest absolute Gasteiger partial charge is 0.300 e. The lowest BCUT2D eigenvalue weighted by Crippen LogP contribution is -2.58. The summed E-state index contributed by atoms with van der Waals surface area (Å²) in [5.74, 6) is 0.763. The molecule has 1 saturated carbocycles. The highest BCUT2D eigenvalue weighted by Gasteiger charge is 2.37. The summed E-state index contributed by atoms with van der Waals surface area (Å²) in [6.45, 7) is 13.5. The number of likely N-dealkylation sites (N-methyl/N-ethyl adjacent to an activating group) is 1. The Morgan fingerprint density at radius 2 is 1.89 bits per heavy atom. The lowest BCUT2D eigenvalue weighted by Gasteiger charge is -2.47.